The van der Waals surface area contributed by atoms with Gasteiger partial charge in [-0.2, -0.15) is 13.2 Å². The average molecular weight is 492 g/mol. The lowest BCUT2D eigenvalue weighted by Gasteiger charge is -2.39. The summed E-state index contributed by atoms with van der Waals surface area (Å²) in [5, 5.41) is 6.73. The zero-order valence-electron chi connectivity index (χ0n) is 19.4. The van der Waals surface area contributed by atoms with Gasteiger partial charge in [0.2, 0.25) is 5.89 Å². The summed E-state index contributed by atoms with van der Waals surface area (Å²) in [5.74, 6) is 0.519. The Kier molecular flexibility index (Phi) is 5.54. The monoisotopic (exact) mass is 491 g/mol. The molecular formula is C28H24F3N3O2. The van der Waals surface area contributed by atoms with Gasteiger partial charge in [0.25, 0.3) is 0 Å². The predicted octanol–water partition coefficient (Wildman–Crippen LogP) is 6.84. The fourth-order valence-corrected chi connectivity index (χ4v) is 6.06. The SMILES string of the molecule is FC(F)(F)c1nnc(-c2ccc([C@]3(c4ccc(OCc5ccccn5)cc4)C[C@@H]4CC[C@H]3C4)cc2)o1. The minimum atomic E-state index is -4.66. The van der Waals surface area contributed by atoms with E-state index in [1.54, 1.807) is 18.3 Å². The van der Waals surface area contributed by atoms with Crippen LogP contribution in [0.5, 0.6) is 5.75 Å². The summed E-state index contributed by atoms with van der Waals surface area (Å²) in [7, 11) is 0. The van der Waals surface area contributed by atoms with E-state index in [9.17, 15) is 13.2 Å². The maximum Gasteiger partial charge on any atom is 0.470 e. The Hall–Kier alpha value is -3.68. The maximum absolute atomic E-state index is 12.9. The molecule has 2 aromatic heterocycles. The van der Waals surface area contributed by atoms with Crippen LogP contribution in [-0.2, 0) is 18.2 Å². The highest BCUT2D eigenvalue weighted by molar-refractivity contribution is 5.55. The number of hydrogen-bond acceptors (Lipinski definition) is 5. The first-order valence-electron chi connectivity index (χ1n) is 12.1. The third-order valence-electron chi connectivity index (χ3n) is 7.65. The molecule has 0 unspecified atom stereocenters. The number of rotatable bonds is 6. The van der Waals surface area contributed by atoms with E-state index in [1.807, 2.05) is 42.5 Å². The van der Waals surface area contributed by atoms with Gasteiger partial charge in [0, 0.05) is 17.2 Å². The summed E-state index contributed by atoms with van der Waals surface area (Å²) in [4.78, 5) is 4.30. The summed E-state index contributed by atoms with van der Waals surface area (Å²) in [5.41, 5.74) is 3.61. The van der Waals surface area contributed by atoms with Crippen LogP contribution in [0, 0.1) is 11.8 Å². The quantitative estimate of drug-likeness (QED) is 0.296. The van der Waals surface area contributed by atoms with Crippen LogP contribution in [0.2, 0.25) is 0 Å². The zero-order chi connectivity index (χ0) is 24.8. The number of hydrogen-bond donors (Lipinski definition) is 0. The summed E-state index contributed by atoms with van der Waals surface area (Å²) in [6, 6.07) is 21.6. The fourth-order valence-electron chi connectivity index (χ4n) is 6.06. The Morgan fingerprint density at radius 2 is 1.67 bits per heavy atom. The van der Waals surface area contributed by atoms with Crippen molar-refractivity contribution < 1.29 is 22.3 Å². The summed E-state index contributed by atoms with van der Waals surface area (Å²) < 4.78 is 49.4. The second kappa shape index (κ2) is 8.76. The molecule has 36 heavy (non-hydrogen) atoms. The molecule has 2 aliphatic rings. The molecule has 8 heteroatoms. The lowest BCUT2D eigenvalue weighted by atomic mass is 9.64. The molecule has 2 heterocycles. The second-order valence-corrected chi connectivity index (χ2v) is 9.67. The van der Waals surface area contributed by atoms with Crippen LogP contribution >= 0.6 is 0 Å². The molecule has 0 radical (unpaired) electrons. The topological polar surface area (TPSA) is 61.0 Å². The lowest BCUT2D eigenvalue weighted by molar-refractivity contribution is -0.156. The van der Waals surface area contributed by atoms with Crippen LogP contribution in [0.25, 0.3) is 11.5 Å². The van der Waals surface area contributed by atoms with Crippen molar-refractivity contribution in [3.63, 3.8) is 0 Å². The molecule has 3 atom stereocenters. The van der Waals surface area contributed by atoms with E-state index in [-0.39, 0.29) is 11.3 Å². The molecule has 184 valence electrons. The van der Waals surface area contributed by atoms with Crippen LogP contribution in [0.1, 0.15) is 48.4 Å². The van der Waals surface area contributed by atoms with Gasteiger partial charge in [-0.25, -0.2) is 0 Å². The fraction of sp³-hybridized carbons (Fsp3) is 0.321. The number of benzene rings is 2. The van der Waals surface area contributed by atoms with E-state index in [4.69, 9.17) is 9.15 Å². The average Bonchev–Trinajstić information content (AvgIpc) is 3.65. The highest BCUT2D eigenvalue weighted by Gasteiger charge is 2.52. The van der Waals surface area contributed by atoms with Crippen LogP contribution in [0.3, 0.4) is 0 Å². The van der Waals surface area contributed by atoms with Gasteiger partial charge >= 0.3 is 12.1 Å². The molecule has 2 aliphatic carbocycles. The number of aromatic nitrogens is 3. The van der Waals surface area contributed by atoms with E-state index >= 15 is 0 Å². The Morgan fingerprint density at radius 1 is 0.917 bits per heavy atom. The standard InChI is InChI=1S/C28H24F3N3O2/c29-28(30,31)26-34-33-25(36-26)19-5-8-20(9-6-19)27(16-18-4-7-22(27)15-18)21-10-12-24(13-11-21)35-17-23-3-1-2-14-32-23/h1-3,5-6,8-14,18,22H,4,7,15-17H2/t18-,22+,27+/m1/s1. The molecule has 4 aromatic rings. The van der Waals surface area contributed by atoms with Crippen LogP contribution < -0.4 is 4.74 Å². The Balaban J connectivity index is 1.27. The van der Waals surface area contributed by atoms with Crippen molar-refractivity contribution in [2.45, 2.75) is 43.9 Å². The van der Waals surface area contributed by atoms with Crippen LogP contribution in [0.4, 0.5) is 13.2 Å². The minimum Gasteiger partial charge on any atom is -0.487 e. The lowest BCUT2D eigenvalue weighted by Crippen LogP contribution is -2.34. The summed E-state index contributed by atoms with van der Waals surface area (Å²) >= 11 is 0. The van der Waals surface area contributed by atoms with Crippen molar-refractivity contribution in [1.82, 2.24) is 15.2 Å². The third kappa shape index (κ3) is 4.04. The molecule has 0 spiro atoms. The van der Waals surface area contributed by atoms with Gasteiger partial charge in [0.05, 0.1) is 5.69 Å². The number of halogens is 3. The highest BCUT2D eigenvalue weighted by Crippen LogP contribution is 2.60. The van der Waals surface area contributed by atoms with Crippen molar-refractivity contribution >= 4 is 0 Å². The van der Waals surface area contributed by atoms with Gasteiger partial charge < -0.3 is 9.15 Å². The minimum absolute atomic E-state index is 0.132. The Morgan fingerprint density at radius 3 is 2.25 bits per heavy atom. The van der Waals surface area contributed by atoms with Crippen molar-refractivity contribution in [2.75, 3.05) is 0 Å². The molecule has 0 amide bonds. The van der Waals surface area contributed by atoms with Gasteiger partial charge in [-0.3, -0.25) is 4.98 Å². The largest absolute Gasteiger partial charge is 0.487 e. The second-order valence-electron chi connectivity index (χ2n) is 9.67. The molecule has 0 N–H and O–H groups in total. The predicted molar refractivity (Wildman–Crippen MR) is 126 cm³/mol. The van der Waals surface area contributed by atoms with Gasteiger partial charge in [-0.15, -0.1) is 10.2 Å². The number of nitrogens with zero attached hydrogens (tertiary/aromatic N) is 3. The number of ether oxygens (including phenoxy) is 1. The summed E-state index contributed by atoms with van der Waals surface area (Å²) in [6.07, 6.45) is 1.76. The van der Waals surface area contributed by atoms with E-state index in [2.05, 4.69) is 27.3 Å². The molecule has 5 nitrogen and oxygen atoms in total. The highest BCUT2D eigenvalue weighted by atomic mass is 19.4. The number of pyridine rings is 1. The van der Waals surface area contributed by atoms with E-state index in [0.29, 0.717) is 24.0 Å². The van der Waals surface area contributed by atoms with Crippen LogP contribution in [0.15, 0.2) is 77.3 Å². The van der Waals surface area contributed by atoms with Crippen LogP contribution in [-0.4, -0.2) is 15.2 Å². The van der Waals surface area contributed by atoms with Gasteiger partial charge in [0.15, 0.2) is 0 Å². The molecular weight excluding hydrogens is 467 g/mol. The molecule has 2 bridgehead atoms. The molecule has 6 rings (SSSR count). The molecule has 0 saturated heterocycles. The third-order valence-corrected chi connectivity index (χ3v) is 7.65. The van der Waals surface area contributed by atoms with Gasteiger partial charge in [-0.1, -0.05) is 36.8 Å². The zero-order valence-corrected chi connectivity index (χ0v) is 19.4. The Labute approximate surface area is 206 Å². The first-order chi connectivity index (χ1) is 17.4. The van der Waals surface area contributed by atoms with Gasteiger partial charge in [0.1, 0.15) is 12.4 Å². The maximum atomic E-state index is 12.9. The number of alkyl halides is 3. The van der Waals surface area contributed by atoms with Crippen molar-refractivity contribution in [1.29, 1.82) is 0 Å². The van der Waals surface area contributed by atoms with Crippen molar-refractivity contribution in [3.8, 4) is 17.2 Å². The molecule has 0 aliphatic heterocycles. The molecule has 2 saturated carbocycles. The normalized spacial score (nSPS) is 23.2. The first kappa shape index (κ1) is 22.8. The molecule has 2 fully saturated rings. The van der Waals surface area contributed by atoms with E-state index < -0.39 is 12.1 Å². The first-order valence-corrected chi connectivity index (χ1v) is 12.1. The Bertz CT molecular complexity index is 1340. The smallest absolute Gasteiger partial charge is 0.470 e. The molecule has 2 aromatic carbocycles. The van der Waals surface area contributed by atoms with E-state index in [0.717, 1.165) is 23.4 Å². The van der Waals surface area contributed by atoms with Crippen molar-refractivity contribution in [3.05, 3.63) is 95.6 Å². The van der Waals surface area contributed by atoms with Gasteiger partial charge in [-0.05, 0) is 78.6 Å². The number of fused-ring (bicyclic) bond motifs is 2. The summed E-state index contributed by atoms with van der Waals surface area (Å²) in [6.45, 7) is 0.406. The van der Waals surface area contributed by atoms with E-state index in [1.165, 1.54) is 24.8 Å². The van der Waals surface area contributed by atoms with Crippen molar-refractivity contribution in [2.24, 2.45) is 11.8 Å².